The standard InChI is InChI=1S/C13H21N3O3S/c1-8(2)5-9(13(18)19)6-15-12(17)10-7-20-11(16-10)3-4-14/h7-9H,3-6,14H2,1-2H3,(H,15,17)(H,18,19). The number of nitrogens with two attached hydrogens (primary N) is 1. The van der Waals surface area contributed by atoms with Gasteiger partial charge in [-0.15, -0.1) is 11.3 Å². The van der Waals surface area contributed by atoms with E-state index in [1.807, 2.05) is 13.8 Å². The van der Waals surface area contributed by atoms with E-state index in [1.165, 1.54) is 11.3 Å². The summed E-state index contributed by atoms with van der Waals surface area (Å²) in [5, 5.41) is 14.2. The van der Waals surface area contributed by atoms with Gasteiger partial charge < -0.3 is 16.2 Å². The first-order valence-corrected chi connectivity index (χ1v) is 7.47. The van der Waals surface area contributed by atoms with Gasteiger partial charge in [0.2, 0.25) is 0 Å². The highest BCUT2D eigenvalue weighted by Gasteiger charge is 2.20. The van der Waals surface area contributed by atoms with Crippen LogP contribution in [0.15, 0.2) is 5.38 Å². The quantitative estimate of drug-likeness (QED) is 0.667. The van der Waals surface area contributed by atoms with E-state index in [4.69, 9.17) is 10.8 Å². The number of carboxylic acid groups (broad SMARTS) is 1. The van der Waals surface area contributed by atoms with Crippen molar-refractivity contribution in [1.82, 2.24) is 10.3 Å². The monoisotopic (exact) mass is 299 g/mol. The van der Waals surface area contributed by atoms with Crippen LogP contribution < -0.4 is 11.1 Å². The van der Waals surface area contributed by atoms with E-state index in [0.29, 0.717) is 25.1 Å². The molecule has 0 spiro atoms. The van der Waals surface area contributed by atoms with E-state index in [-0.39, 0.29) is 18.4 Å². The average Bonchev–Trinajstić information content (AvgIpc) is 2.82. The molecule has 1 aromatic rings. The number of nitrogens with one attached hydrogen (secondary N) is 1. The van der Waals surface area contributed by atoms with Gasteiger partial charge in [0.05, 0.1) is 10.9 Å². The number of carbonyl (C=O) groups is 2. The molecular formula is C13H21N3O3S. The molecule has 0 saturated carbocycles. The molecule has 0 aliphatic heterocycles. The normalized spacial score (nSPS) is 12.4. The van der Waals surface area contributed by atoms with Gasteiger partial charge in [-0.1, -0.05) is 13.8 Å². The SMILES string of the molecule is CC(C)CC(CNC(=O)c1csc(CCN)n1)C(=O)O. The summed E-state index contributed by atoms with van der Waals surface area (Å²) >= 11 is 1.39. The molecular weight excluding hydrogens is 278 g/mol. The molecule has 20 heavy (non-hydrogen) atoms. The van der Waals surface area contributed by atoms with Crippen LogP contribution in [0, 0.1) is 11.8 Å². The van der Waals surface area contributed by atoms with E-state index in [2.05, 4.69) is 10.3 Å². The Morgan fingerprint density at radius 2 is 2.20 bits per heavy atom. The third kappa shape index (κ3) is 5.26. The third-order valence-electron chi connectivity index (χ3n) is 2.76. The summed E-state index contributed by atoms with van der Waals surface area (Å²) in [6.07, 6.45) is 1.17. The molecule has 0 radical (unpaired) electrons. The zero-order valence-electron chi connectivity index (χ0n) is 11.8. The van der Waals surface area contributed by atoms with Gasteiger partial charge in [-0.2, -0.15) is 0 Å². The number of aromatic nitrogens is 1. The number of carboxylic acids is 1. The van der Waals surface area contributed by atoms with Crippen molar-refractivity contribution in [3.8, 4) is 0 Å². The fourth-order valence-corrected chi connectivity index (χ4v) is 2.59. The maximum absolute atomic E-state index is 11.9. The Kier molecular flexibility index (Phi) is 6.60. The second-order valence-electron chi connectivity index (χ2n) is 5.04. The van der Waals surface area contributed by atoms with Gasteiger partial charge in [0.1, 0.15) is 5.69 Å². The molecule has 1 unspecified atom stereocenters. The number of hydrogen-bond donors (Lipinski definition) is 3. The smallest absolute Gasteiger partial charge is 0.308 e. The Bertz CT molecular complexity index is 459. The van der Waals surface area contributed by atoms with Crippen molar-refractivity contribution in [3.63, 3.8) is 0 Å². The maximum atomic E-state index is 11.9. The zero-order valence-corrected chi connectivity index (χ0v) is 12.6. The molecule has 1 amide bonds. The lowest BCUT2D eigenvalue weighted by Crippen LogP contribution is -2.33. The summed E-state index contributed by atoms with van der Waals surface area (Å²) in [5.41, 5.74) is 5.75. The predicted octanol–water partition coefficient (Wildman–Crippen LogP) is 1.12. The third-order valence-corrected chi connectivity index (χ3v) is 3.67. The van der Waals surface area contributed by atoms with Gasteiger partial charge in [-0.3, -0.25) is 9.59 Å². The molecule has 1 aromatic heterocycles. The second-order valence-corrected chi connectivity index (χ2v) is 5.98. The Hall–Kier alpha value is -1.47. The summed E-state index contributed by atoms with van der Waals surface area (Å²) in [6, 6.07) is 0. The van der Waals surface area contributed by atoms with E-state index in [9.17, 15) is 9.59 Å². The highest BCUT2D eigenvalue weighted by molar-refractivity contribution is 7.09. The lowest BCUT2D eigenvalue weighted by atomic mass is 9.97. The van der Waals surface area contributed by atoms with E-state index >= 15 is 0 Å². The van der Waals surface area contributed by atoms with Crippen molar-refractivity contribution in [2.45, 2.75) is 26.7 Å². The number of carbonyl (C=O) groups excluding carboxylic acids is 1. The van der Waals surface area contributed by atoms with Crippen LogP contribution in [-0.2, 0) is 11.2 Å². The number of aliphatic carboxylic acids is 1. The molecule has 0 aromatic carbocycles. The van der Waals surface area contributed by atoms with Crippen molar-refractivity contribution >= 4 is 23.2 Å². The molecule has 0 bridgehead atoms. The highest BCUT2D eigenvalue weighted by atomic mass is 32.1. The van der Waals surface area contributed by atoms with Gasteiger partial charge in [0, 0.05) is 18.3 Å². The van der Waals surface area contributed by atoms with E-state index in [0.717, 1.165) is 5.01 Å². The number of amides is 1. The Labute approximate surface area is 122 Å². The Morgan fingerprint density at radius 1 is 1.50 bits per heavy atom. The minimum absolute atomic E-state index is 0.121. The fraction of sp³-hybridized carbons (Fsp3) is 0.615. The van der Waals surface area contributed by atoms with Gasteiger partial charge in [0.15, 0.2) is 0 Å². The highest BCUT2D eigenvalue weighted by Crippen LogP contribution is 2.13. The van der Waals surface area contributed by atoms with Gasteiger partial charge in [-0.05, 0) is 18.9 Å². The molecule has 112 valence electrons. The molecule has 1 rings (SSSR count). The van der Waals surface area contributed by atoms with Crippen LogP contribution in [0.5, 0.6) is 0 Å². The summed E-state index contributed by atoms with van der Waals surface area (Å²) in [7, 11) is 0. The van der Waals surface area contributed by atoms with Crippen LogP contribution in [0.2, 0.25) is 0 Å². The first kappa shape index (κ1) is 16.6. The number of nitrogens with zero attached hydrogens (tertiary/aromatic N) is 1. The number of hydrogen-bond acceptors (Lipinski definition) is 5. The molecule has 0 aliphatic rings. The van der Waals surface area contributed by atoms with Crippen LogP contribution in [-0.4, -0.2) is 35.1 Å². The molecule has 0 aliphatic carbocycles. The summed E-state index contributed by atoms with van der Waals surface area (Å²) in [4.78, 5) is 27.1. The second kappa shape index (κ2) is 7.96. The number of rotatable bonds is 8. The van der Waals surface area contributed by atoms with Crippen molar-refractivity contribution in [2.24, 2.45) is 17.6 Å². The molecule has 0 saturated heterocycles. The van der Waals surface area contributed by atoms with Crippen LogP contribution in [0.4, 0.5) is 0 Å². The molecule has 4 N–H and O–H groups in total. The van der Waals surface area contributed by atoms with Gasteiger partial charge in [-0.25, -0.2) is 4.98 Å². The number of thiazole rings is 1. The Morgan fingerprint density at radius 3 is 2.75 bits per heavy atom. The average molecular weight is 299 g/mol. The molecule has 7 heteroatoms. The van der Waals surface area contributed by atoms with E-state index < -0.39 is 11.9 Å². The van der Waals surface area contributed by atoms with Crippen LogP contribution in [0.25, 0.3) is 0 Å². The van der Waals surface area contributed by atoms with Crippen LogP contribution in [0.3, 0.4) is 0 Å². The first-order valence-electron chi connectivity index (χ1n) is 6.59. The van der Waals surface area contributed by atoms with Gasteiger partial charge >= 0.3 is 5.97 Å². The minimum Gasteiger partial charge on any atom is -0.481 e. The molecule has 1 heterocycles. The van der Waals surface area contributed by atoms with Crippen molar-refractivity contribution in [1.29, 1.82) is 0 Å². The van der Waals surface area contributed by atoms with E-state index in [1.54, 1.807) is 5.38 Å². The zero-order chi connectivity index (χ0) is 15.1. The van der Waals surface area contributed by atoms with Crippen LogP contribution in [0.1, 0.15) is 35.8 Å². The van der Waals surface area contributed by atoms with Gasteiger partial charge in [0.25, 0.3) is 5.91 Å². The first-order chi connectivity index (χ1) is 9.43. The lowest BCUT2D eigenvalue weighted by Gasteiger charge is -2.14. The predicted molar refractivity (Wildman–Crippen MR) is 77.8 cm³/mol. The maximum Gasteiger partial charge on any atom is 0.308 e. The van der Waals surface area contributed by atoms with Crippen molar-refractivity contribution in [3.05, 3.63) is 16.1 Å². The van der Waals surface area contributed by atoms with Crippen molar-refractivity contribution in [2.75, 3.05) is 13.1 Å². The minimum atomic E-state index is -0.888. The van der Waals surface area contributed by atoms with Crippen molar-refractivity contribution < 1.29 is 14.7 Å². The van der Waals surface area contributed by atoms with Crippen LogP contribution >= 0.6 is 11.3 Å². The Balaban J connectivity index is 2.53. The fourth-order valence-electron chi connectivity index (χ4n) is 1.80. The summed E-state index contributed by atoms with van der Waals surface area (Å²) in [6.45, 7) is 4.52. The largest absolute Gasteiger partial charge is 0.481 e. The topological polar surface area (TPSA) is 105 Å². The summed E-state index contributed by atoms with van der Waals surface area (Å²) in [5.74, 6) is -1.52. The summed E-state index contributed by atoms with van der Waals surface area (Å²) < 4.78 is 0. The molecule has 6 nitrogen and oxygen atoms in total. The molecule has 0 fully saturated rings. The molecule has 1 atom stereocenters. The lowest BCUT2D eigenvalue weighted by molar-refractivity contribution is -0.142.